The van der Waals surface area contributed by atoms with Crippen LogP contribution in [0.5, 0.6) is 0 Å². The Morgan fingerprint density at radius 3 is 2.25 bits per heavy atom. The molecule has 0 heterocycles. The Labute approximate surface area is 192 Å². The minimum absolute atomic E-state index is 0.177. The molecule has 3 rings (SSSR count). The van der Waals surface area contributed by atoms with Crippen molar-refractivity contribution in [3.05, 3.63) is 71.0 Å². The van der Waals surface area contributed by atoms with Gasteiger partial charge in [-0.2, -0.15) is 0 Å². The molecule has 32 heavy (non-hydrogen) atoms. The molecule has 1 aliphatic rings. The zero-order valence-electron chi connectivity index (χ0n) is 19.7. The molecule has 1 fully saturated rings. The van der Waals surface area contributed by atoms with Crippen LogP contribution < -0.4 is 5.32 Å². The second-order valence-corrected chi connectivity index (χ2v) is 9.55. The Morgan fingerprint density at radius 2 is 1.69 bits per heavy atom. The van der Waals surface area contributed by atoms with Gasteiger partial charge in [0.1, 0.15) is 17.8 Å². The lowest BCUT2D eigenvalue weighted by Gasteiger charge is -2.42. The van der Waals surface area contributed by atoms with Crippen LogP contribution in [0.4, 0.5) is 4.39 Å². The molecule has 172 valence electrons. The molecule has 1 aliphatic carbocycles. The van der Waals surface area contributed by atoms with E-state index in [-0.39, 0.29) is 17.5 Å². The molecular formula is C28H37FN2O. The van der Waals surface area contributed by atoms with E-state index in [1.165, 1.54) is 17.7 Å². The van der Waals surface area contributed by atoms with E-state index in [1.54, 1.807) is 12.1 Å². The highest BCUT2D eigenvalue weighted by atomic mass is 19.1. The zero-order valence-corrected chi connectivity index (χ0v) is 19.7. The van der Waals surface area contributed by atoms with Crippen LogP contribution in [0.25, 0.3) is 0 Å². The first kappa shape index (κ1) is 24.3. The maximum absolute atomic E-state index is 13.3. The summed E-state index contributed by atoms with van der Waals surface area (Å²) in [6.07, 6.45) is 10.3. The number of aldehydes is 1. The fraction of sp³-hybridized carbons (Fsp3) is 0.500. The normalized spacial score (nSPS) is 22.3. The van der Waals surface area contributed by atoms with Gasteiger partial charge in [0.2, 0.25) is 0 Å². The molecule has 1 unspecified atom stereocenters. The molecule has 0 aromatic heterocycles. The summed E-state index contributed by atoms with van der Waals surface area (Å²) in [5, 5.41) is 3.94. The number of halogens is 1. The minimum Gasteiger partial charge on any atom is -0.298 e. The van der Waals surface area contributed by atoms with Gasteiger partial charge in [-0.1, -0.05) is 70.0 Å². The van der Waals surface area contributed by atoms with Gasteiger partial charge >= 0.3 is 0 Å². The monoisotopic (exact) mass is 436 g/mol. The minimum atomic E-state index is -0.332. The van der Waals surface area contributed by atoms with Gasteiger partial charge in [-0.25, -0.2) is 4.39 Å². The fourth-order valence-corrected chi connectivity index (χ4v) is 4.70. The molecule has 4 heteroatoms. The molecule has 3 nitrogen and oxygen atoms in total. The average Bonchev–Trinajstić information content (AvgIpc) is 2.82. The molecule has 0 amide bonds. The van der Waals surface area contributed by atoms with Crippen molar-refractivity contribution in [3.8, 4) is 0 Å². The summed E-state index contributed by atoms with van der Waals surface area (Å²) in [6.45, 7) is 6.83. The van der Waals surface area contributed by atoms with E-state index in [2.05, 4.69) is 38.2 Å². The van der Waals surface area contributed by atoms with Gasteiger partial charge in [-0.3, -0.25) is 15.1 Å². The van der Waals surface area contributed by atoms with Crippen molar-refractivity contribution in [1.82, 2.24) is 5.32 Å². The second-order valence-electron chi connectivity index (χ2n) is 9.55. The Bertz CT molecular complexity index is 865. The Hall–Kier alpha value is -2.33. The highest BCUT2D eigenvalue weighted by molar-refractivity contribution is 5.79. The number of aliphatic imine (C=N–C) groups is 1. The van der Waals surface area contributed by atoms with Crippen LogP contribution in [-0.2, 0) is 0 Å². The summed E-state index contributed by atoms with van der Waals surface area (Å²) >= 11 is 0. The number of carbonyl (C=O) groups excluding carboxylic acids is 1. The molecule has 1 N–H and O–H groups in total. The zero-order chi connectivity index (χ0) is 23.0. The van der Waals surface area contributed by atoms with Crippen LogP contribution in [0.2, 0.25) is 0 Å². The highest BCUT2D eigenvalue weighted by Gasteiger charge is 2.37. The Balaban J connectivity index is 1.87. The Morgan fingerprint density at radius 1 is 1.06 bits per heavy atom. The van der Waals surface area contributed by atoms with Crippen LogP contribution in [0.1, 0.15) is 93.2 Å². The molecule has 2 aromatic carbocycles. The Kier molecular flexibility index (Phi) is 8.75. The number of nitrogens with one attached hydrogen (secondary N) is 1. The van der Waals surface area contributed by atoms with Gasteiger partial charge in [-0.15, -0.1) is 0 Å². The summed E-state index contributed by atoms with van der Waals surface area (Å²) in [5.41, 5.74) is 2.48. The number of hydrogen-bond acceptors (Lipinski definition) is 3. The lowest BCUT2D eigenvalue weighted by Crippen LogP contribution is -2.48. The summed E-state index contributed by atoms with van der Waals surface area (Å²) in [6, 6.07) is 14.6. The maximum atomic E-state index is 13.3. The summed E-state index contributed by atoms with van der Waals surface area (Å²) in [4.78, 5) is 16.2. The third kappa shape index (κ3) is 6.59. The van der Waals surface area contributed by atoms with Crippen LogP contribution in [0.3, 0.4) is 0 Å². The van der Waals surface area contributed by atoms with E-state index in [0.29, 0.717) is 11.5 Å². The first-order valence-electron chi connectivity index (χ1n) is 12.1. The number of unbranched alkanes of at least 4 members (excludes halogenated alkanes) is 1. The number of carbonyl (C=O) groups is 1. The predicted molar refractivity (Wildman–Crippen MR) is 131 cm³/mol. The van der Waals surface area contributed by atoms with Crippen molar-refractivity contribution in [1.29, 1.82) is 0 Å². The van der Waals surface area contributed by atoms with E-state index in [0.717, 1.165) is 62.7 Å². The predicted octanol–water partition coefficient (Wildman–Crippen LogP) is 7.12. The van der Waals surface area contributed by atoms with Gasteiger partial charge in [0.15, 0.2) is 0 Å². The molecule has 0 aliphatic heterocycles. The number of benzene rings is 2. The lowest BCUT2D eigenvalue weighted by atomic mass is 9.76. The molecule has 0 saturated heterocycles. The third-order valence-corrected chi connectivity index (χ3v) is 6.90. The van der Waals surface area contributed by atoms with Crippen LogP contribution in [0.15, 0.2) is 53.5 Å². The van der Waals surface area contributed by atoms with Gasteiger partial charge in [-0.05, 0) is 67.2 Å². The van der Waals surface area contributed by atoms with Crippen molar-refractivity contribution in [3.63, 3.8) is 0 Å². The van der Waals surface area contributed by atoms with Crippen molar-refractivity contribution in [2.24, 2.45) is 16.8 Å². The van der Waals surface area contributed by atoms with Gasteiger partial charge in [0.05, 0.1) is 0 Å². The largest absolute Gasteiger partial charge is 0.298 e. The van der Waals surface area contributed by atoms with Crippen molar-refractivity contribution >= 4 is 12.5 Å². The average molecular weight is 437 g/mol. The quantitative estimate of drug-likeness (QED) is 0.318. The first-order valence-corrected chi connectivity index (χ1v) is 12.1. The molecule has 2 aromatic rings. The molecule has 0 radical (unpaired) electrons. The van der Waals surface area contributed by atoms with E-state index >= 15 is 0 Å². The van der Waals surface area contributed by atoms with Crippen LogP contribution >= 0.6 is 0 Å². The number of rotatable bonds is 10. The van der Waals surface area contributed by atoms with E-state index in [9.17, 15) is 9.18 Å². The standard InChI is InChI=1S/C28H37FN2O/c1-4-5-6-27(25-11-7-23(20-32)8-12-25)31-28(17-15-24(16-18-28)21(2)3)30-19-22-9-13-26(29)14-10-22/h7-14,19-21,24,27,31H,4-6,15-18H2,1-3H3/b30-19+. The van der Waals surface area contributed by atoms with Gasteiger partial charge < -0.3 is 0 Å². The highest BCUT2D eigenvalue weighted by Crippen LogP contribution is 2.39. The number of nitrogens with zero attached hydrogens (tertiary/aromatic N) is 1. The van der Waals surface area contributed by atoms with E-state index in [1.807, 2.05) is 18.3 Å². The molecular weight excluding hydrogens is 399 g/mol. The third-order valence-electron chi connectivity index (χ3n) is 6.90. The van der Waals surface area contributed by atoms with E-state index < -0.39 is 0 Å². The molecule has 0 spiro atoms. The maximum Gasteiger partial charge on any atom is 0.150 e. The summed E-state index contributed by atoms with van der Waals surface area (Å²) in [7, 11) is 0. The van der Waals surface area contributed by atoms with Crippen molar-refractivity contribution < 1.29 is 9.18 Å². The van der Waals surface area contributed by atoms with Crippen molar-refractivity contribution in [2.75, 3.05) is 0 Å². The van der Waals surface area contributed by atoms with Crippen molar-refractivity contribution in [2.45, 2.75) is 77.4 Å². The van der Waals surface area contributed by atoms with Crippen LogP contribution in [-0.4, -0.2) is 18.2 Å². The lowest BCUT2D eigenvalue weighted by molar-refractivity contribution is 0.112. The second kappa shape index (κ2) is 11.5. The topological polar surface area (TPSA) is 41.5 Å². The van der Waals surface area contributed by atoms with Gasteiger partial charge in [0, 0.05) is 17.8 Å². The SMILES string of the molecule is CCCCC(NC1(/N=C/c2ccc(F)cc2)CCC(C(C)C)CC1)c1ccc(C=O)cc1. The molecule has 1 saturated carbocycles. The fourth-order valence-electron chi connectivity index (χ4n) is 4.70. The van der Waals surface area contributed by atoms with Gasteiger partial charge in [0.25, 0.3) is 0 Å². The summed E-state index contributed by atoms with van der Waals surface area (Å²) in [5.74, 6) is 1.18. The van der Waals surface area contributed by atoms with Crippen LogP contribution in [0, 0.1) is 17.7 Å². The smallest absolute Gasteiger partial charge is 0.150 e. The molecule has 1 atom stereocenters. The summed E-state index contributed by atoms with van der Waals surface area (Å²) < 4.78 is 13.3. The molecule has 0 bridgehead atoms. The van der Waals surface area contributed by atoms with E-state index in [4.69, 9.17) is 4.99 Å². The number of hydrogen-bond donors (Lipinski definition) is 1. The first-order chi connectivity index (χ1) is 15.4.